The number of ether oxygens (including phenoxy) is 2. The van der Waals surface area contributed by atoms with E-state index in [0.717, 1.165) is 38.9 Å². The van der Waals surface area contributed by atoms with Crippen molar-refractivity contribution in [1.29, 1.82) is 0 Å². The van der Waals surface area contributed by atoms with Crippen molar-refractivity contribution in [1.82, 2.24) is 14.5 Å². The molecule has 0 radical (unpaired) electrons. The highest BCUT2D eigenvalue weighted by molar-refractivity contribution is 6.00. The molecule has 5 aromatic rings. The van der Waals surface area contributed by atoms with Crippen molar-refractivity contribution in [3.8, 4) is 34.1 Å². The maximum absolute atomic E-state index is 13.3. The molecule has 0 aliphatic carbocycles. The molecule has 33 heavy (non-hydrogen) atoms. The van der Waals surface area contributed by atoms with Crippen LogP contribution in [0.25, 0.3) is 44.5 Å². The quantitative estimate of drug-likeness (QED) is 0.393. The van der Waals surface area contributed by atoms with Crippen molar-refractivity contribution >= 4 is 21.8 Å². The van der Waals surface area contributed by atoms with Crippen LogP contribution in [0.1, 0.15) is 11.1 Å². The minimum atomic E-state index is -0.0528. The molecule has 6 heteroatoms. The lowest BCUT2D eigenvalue weighted by Gasteiger charge is -2.15. The van der Waals surface area contributed by atoms with E-state index in [1.807, 2.05) is 49.4 Å². The first-order valence-corrected chi connectivity index (χ1v) is 10.7. The number of fused-ring (bicyclic) bond motifs is 5. The zero-order valence-electron chi connectivity index (χ0n) is 18.5. The van der Waals surface area contributed by atoms with Crippen molar-refractivity contribution in [2.75, 3.05) is 14.2 Å². The van der Waals surface area contributed by atoms with Crippen molar-refractivity contribution < 1.29 is 9.47 Å². The van der Waals surface area contributed by atoms with Crippen LogP contribution in [0.2, 0.25) is 0 Å². The van der Waals surface area contributed by atoms with Gasteiger partial charge in [0.2, 0.25) is 0 Å². The maximum atomic E-state index is 13.3. The summed E-state index contributed by atoms with van der Waals surface area (Å²) in [5.74, 6) is 2.01. The van der Waals surface area contributed by atoms with Gasteiger partial charge in [0.05, 0.1) is 37.2 Å². The van der Waals surface area contributed by atoms with Gasteiger partial charge in [0.1, 0.15) is 17.2 Å². The minimum absolute atomic E-state index is 0.0528. The molecule has 0 spiro atoms. The number of hydrogen-bond donors (Lipinski definition) is 0. The van der Waals surface area contributed by atoms with Gasteiger partial charge in [-0.2, -0.15) is 0 Å². The van der Waals surface area contributed by atoms with Gasteiger partial charge in [-0.05, 0) is 53.9 Å². The Hall–Kier alpha value is -4.19. The molecular weight excluding hydrogens is 414 g/mol. The molecule has 6 nitrogen and oxygen atoms in total. The topological polar surface area (TPSA) is 66.2 Å². The highest BCUT2D eigenvalue weighted by atomic mass is 16.5. The van der Waals surface area contributed by atoms with Crippen LogP contribution < -0.4 is 15.0 Å². The number of aryl methyl sites for hydroxylation is 1. The van der Waals surface area contributed by atoms with Gasteiger partial charge in [0.15, 0.2) is 5.82 Å². The highest BCUT2D eigenvalue weighted by Crippen LogP contribution is 2.42. The summed E-state index contributed by atoms with van der Waals surface area (Å²) in [6, 6.07) is 19.5. The van der Waals surface area contributed by atoms with Crippen LogP contribution in [-0.2, 0) is 6.54 Å². The summed E-state index contributed by atoms with van der Waals surface area (Å²) >= 11 is 0. The van der Waals surface area contributed by atoms with E-state index in [1.54, 1.807) is 18.8 Å². The van der Waals surface area contributed by atoms with Crippen LogP contribution in [0.15, 0.2) is 65.5 Å². The first kappa shape index (κ1) is 19.5. The Morgan fingerprint density at radius 2 is 1.61 bits per heavy atom. The number of benzene rings is 3. The molecule has 0 bridgehead atoms. The molecule has 0 saturated heterocycles. The SMILES string of the molecule is COc1cc(OC)cc(-c2c3c(nc4cc(C)ccc24)-c2nc4ccccc4c(=O)n2C3)c1. The fourth-order valence-electron chi connectivity index (χ4n) is 4.69. The third-order valence-corrected chi connectivity index (χ3v) is 6.27. The van der Waals surface area contributed by atoms with E-state index in [-0.39, 0.29) is 5.56 Å². The molecule has 3 heterocycles. The molecule has 3 aromatic carbocycles. The summed E-state index contributed by atoms with van der Waals surface area (Å²) in [6.45, 7) is 2.46. The zero-order valence-corrected chi connectivity index (χ0v) is 18.5. The standard InChI is InChI=1S/C27H21N3O3/c1-15-8-9-19-23(10-15)28-25-21(24(19)16-11-17(32-2)13-18(12-16)33-3)14-30-26(25)29-22-7-5-4-6-20(22)27(30)31/h4-13H,14H2,1-3H3. The Labute approximate surface area is 190 Å². The smallest absolute Gasteiger partial charge is 0.262 e. The van der Waals surface area contributed by atoms with E-state index in [1.165, 1.54) is 0 Å². The lowest BCUT2D eigenvalue weighted by molar-refractivity contribution is 0.394. The van der Waals surface area contributed by atoms with Crippen LogP contribution in [0.4, 0.5) is 0 Å². The molecular formula is C27H21N3O3. The van der Waals surface area contributed by atoms with E-state index >= 15 is 0 Å². The number of rotatable bonds is 3. The summed E-state index contributed by atoms with van der Waals surface area (Å²) in [4.78, 5) is 23.2. The lowest BCUT2D eigenvalue weighted by atomic mass is 9.94. The van der Waals surface area contributed by atoms with Gasteiger partial charge >= 0.3 is 0 Å². The Morgan fingerprint density at radius 1 is 0.848 bits per heavy atom. The van der Waals surface area contributed by atoms with Gasteiger partial charge in [0.25, 0.3) is 5.56 Å². The van der Waals surface area contributed by atoms with Crippen molar-refractivity contribution in [3.63, 3.8) is 0 Å². The number of methoxy groups -OCH3 is 2. The van der Waals surface area contributed by atoms with Crippen molar-refractivity contribution in [2.45, 2.75) is 13.5 Å². The summed E-state index contributed by atoms with van der Waals surface area (Å²) in [5.41, 5.74) is 6.28. The molecule has 0 atom stereocenters. The Bertz CT molecular complexity index is 1630. The number of aromatic nitrogens is 3. The highest BCUT2D eigenvalue weighted by Gasteiger charge is 2.29. The largest absolute Gasteiger partial charge is 0.497 e. The molecule has 162 valence electrons. The van der Waals surface area contributed by atoms with Crippen LogP contribution in [0, 0.1) is 6.92 Å². The van der Waals surface area contributed by atoms with Crippen LogP contribution in [0.5, 0.6) is 11.5 Å². The number of pyridine rings is 1. The third kappa shape index (κ3) is 2.91. The second-order valence-electron chi connectivity index (χ2n) is 8.28. The molecule has 0 unspecified atom stereocenters. The second-order valence-corrected chi connectivity index (χ2v) is 8.28. The lowest BCUT2D eigenvalue weighted by Crippen LogP contribution is -2.20. The maximum Gasteiger partial charge on any atom is 0.262 e. The first-order valence-electron chi connectivity index (χ1n) is 10.7. The molecule has 0 fully saturated rings. The fraction of sp³-hybridized carbons (Fsp3) is 0.148. The zero-order chi connectivity index (χ0) is 22.7. The summed E-state index contributed by atoms with van der Waals surface area (Å²) in [5, 5.41) is 1.62. The predicted octanol–water partition coefficient (Wildman–Crippen LogP) is 4.97. The number of para-hydroxylation sites is 1. The fourth-order valence-corrected chi connectivity index (χ4v) is 4.69. The average molecular weight is 435 g/mol. The van der Waals surface area contributed by atoms with Gasteiger partial charge < -0.3 is 9.47 Å². The molecule has 1 aliphatic rings. The monoisotopic (exact) mass is 435 g/mol. The van der Waals surface area contributed by atoms with E-state index in [0.29, 0.717) is 34.8 Å². The molecule has 1 aliphatic heterocycles. The summed E-state index contributed by atoms with van der Waals surface area (Å²) in [6.07, 6.45) is 0. The molecule has 0 saturated carbocycles. The van der Waals surface area contributed by atoms with Gasteiger partial charge in [-0.3, -0.25) is 9.36 Å². The van der Waals surface area contributed by atoms with E-state index in [4.69, 9.17) is 19.4 Å². The average Bonchev–Trinajstić information content (AvgIpc) is 3.20. The molecule has 2 aromatic heterocycles. The van der Waals surface area contributed by atoms with Gasteiger partial charge in [0, 0.05) is 17.0 Å². The minimum Gasteiger partial charge on any atom is -0.497 e. The summed E-state index contributed by atoms with van der Waals surface area (Å²) < 4.78 is 12.8. The Kier molecular flexibility index (Phi) is 4.23. The molecule has 0 N–H and O–H groups in total. The van der Waals surface area contributed by atoms with Crippen molar-refractivity contribution in [2.24, 2.45) is 0 Å². The predicted molar refractivity (Wildman–Crippen MR) is 129 cm³/mol. The number of nitrogens with zero attached hydrogens (tertiary/aromatic N) is 3. The Balaban J connectivity index is 1.73. The van der Waals surface area contributed by atoms with Crippen LogP contribution in [0.3, 0.4) is 0 Å². The first-order chi connectivity index (χ1) is 16.1. The van der Waals surface area contributed by atoms with Crippen LogP contribution >= 0.6 is 0 Å². The third-order valence-electron chi connectivity index (χ3n) is 6.27. The van der Waals surface area contributed by atoms with Gasteiger partial charge in [-0.1, -0.05) is 24.3 Å². The van der Waals surface area contributed by atoms with Gasteiger partial charge in [-0.25, -0.2) is 9.97 Å². The summed E-state index contributed by atoms with van der Waals surface area (Å²) in [7, 11) is 3.28. The van der Waals surface area contributed by atoms with Crippen molar-refractivity contribution in [3.05, 3.63) is 82.1 Å². The van der Waals surface area contributed by atoms with E-state index < -0.39 is 0 Å². The molecule has 6 rings (SSSR count). The van der Waals surface area contributed by atoms with Crippen LogP contribution in [-0.4, -0.2) is 28.8 Å². The normalized spacial score (nSPS) is 12.1. The Morgan fingerprint density at radius 3 is 2.36 bits per heavy atom. The van der Waals surface area contributed by atoms with E-state index in [2.05, 4.69) is 18.2 Å². The molecule has 0 amide bonds. The van der Waals surface area contributed by atoms with E-state index in [9.17, 15) is 4.79 Å². The second kappa shape index (κ2) is 7.17. The number of hydrogen-bond acceptors (Lipinski definition) is 5. The van der Waals surface area contributed by atoms with Gasteiger partial charge in [-0.15, -0.1) is 0 Å².